The first-order valence-corrected chi connectivity index (χ1v) is 13.9. The minimum absolute atomic E-state index is 0.304. The van der Waals surface area contributed by atoms with Crippen molar-refractivity contribution in [1.82, 2.24) is 0 Å². The molecule has 4 heteroatoms. The van der Waals surface area contributed by atoms with Gasteiger partial charge in [0.05, 0.1) is 0 Å². The van der Waals surface area contributed by atoms with Crippen LogP contribution < -0.4 is 0 Å². The maximum Gasteiger partial charge on any atom is 0.344 e. The van der Waals surface area contributed by atoms with Gasteiger partial charge in [-0.25, -0.2) is 4.79 Å². The second-order valence-corrected chi connectivity index (χ2v) is 9.78. The molecule has 4 nitrogen and oxygen atoms in total. The minimum Gasteiger partial charge on any atom is -0.447 e. The molecule has 1 unspecified atom stereocenters. The minimum atomic E-state index is -1.21. The molecule has 0 bridgehead atoms. The third kappa shape index (κ3) is 9.60. The average Bonchev–Trinajstić information content (AvgIpc) is 2.91. The van der Waals surface area contributed by atoms with Gasteiger partial charge in [-0.1, -0.05) is 113 Å². The van der Waals surface area contributed by atoms with Gasteiger partial charge in [-0.05, 0) is 43.4 Å². The molecule has 0 saturated carbocycles. The molecule has 2 rings (SSSR count). The van der Waals surface area contributed by atoms with Gasteiger partial charge in [0.1, 0.15) is 0 Å². The summed E-state index contributed by atoms with van der Waals surface area (Å²) >= 11 is 0. The predicted molar refractivity (Wildman–Crippen MR) is 149 cm³/mol. The fraction of sp³-hybridized carbons (Fsp3) is 0.594. The van der Waals surface area contributed by atoms with Gasteiger partial charge in [-0.15, -0.1) is 0 Å². The number of aliphatic hydroxyl groups is 1. The van der Waals surface area contributed by atoms with Gasteiger partial charge in [-0.2, -0.15) is 0 Å². The van der Waals surface area contributed by atoms with Crippen LogP contribution in [0.25, 0.3) is 10.8 Å². The van der Waals surface area contributed by atoms with E-state index in [2.05, 4.69) is 18.8 Å². The largest absolute Gasteiger partial charge is 0.447 e. The van der Waals surface area contributed by atoms with Crippen molar-refractivity contribution in [2.75, 3.05) is 13.7 Å². The first-order chi connectivity index (χ1) is 17.6. The van der Waals surface area contributed by atoms with E-state index in [4.69, 9.17) is 14.6 Å². The number of hydrogen-bond donors (Lipinski definition) is 1. The monoisotopic (exact) mass is 494 g/mol. The second kappa shape index (κ2) is 17.2. The van der Waals surface area contributed by atoms with Gasteiger partial charge in [0.2, 0.25) is 0 Å². The van der Waals surface area contributed by atoms with Crippen molar-refractivity contribution in [2.45, 2.75) is 109 Å². The summed E-state index contributed by atoms with van der Waals surface area (Å²) in [5, 5.41) is 10.9. The number of unbranched alkanes of at least 4 members (excludes halogenated alkanes) is 10. The SMILES string of the molecule is CCCCC#CC(CCCCCCCCCCCO)OC(=O)[C@](C)(OC)c1cccc2ccccc12. The molecular weight excluding hydrogens is 448 g/mol. The van der Waals surface area contributed by atoms with Gasteiger partial charge in [0.15, 0.2) is 11.7 Å². The van der Waals surface area contributed by atoms with Crippen molar-refractivity contribution in [3.05, 3.63) is 48.0 Å². The Morgan fingerprint density at radius 1 is 0.917 bits per heavy atom. The number of esters is 1. The number of rotatable bonds is 17. The van der Waals surface area contributed by atoms with Crippen molar-refractivity contribution in [3.8, 4) is 11.8 Å². The smallest absolute Gasteiger partial charge is 0.344 e. The summed E-state index contributed by atoms with van der Waals surface area (Å²) in [6.45, 7) is 4.25. The van der Waals surface area contributed by atoms with E-state index in [0.717, 1.165) is 67.7 Å². The number of methoxy groups -OCH3 is 1. The lowest BCUT2D eigenvalue weighted by molar-refractivity contribution is -0.171. The predicted octanol–water partition coefficient (Wildman–Crippen LogP) is 7.70. The van der Waals surface area contributed by atoms with Crippen LogP contribution in [0.3, 0.4) is 0 Å². The Bertz CT molecular complexity index is 952. The summed E-state index contributed by atoms with van der Waals surface area (Å²) < 4.78 is 11.8. The van der Waals surface area contributed by atoms with Crippen molar-refractivity contribution >= 4 is 16.7 Å². The van der Waals surface area contributed by atoms with Crippen LogP contribution in [0.1, 0.15) is 103 Å². The third-order valence-corrected chi connectivity index (χ3v) is 6.89. The molecule has 0 spiro atoms. The van der Waals surface area contributed by atoms with E-state index in [1.807, 2.05) is 42.5 Å². The Morgan fingerprint density at radius 2 is 1.56 bits per heavy atom. The van der Waals surface area contributed by atoms with Crippen molar-refractivity contribution in [3.63, 3.8) is 0 Å². The molecule has 1 N–H and O–H groups in total. The lowest BCUT2D eigenvalue weighted by Crippen LogP contribution is -2.38. The Labute approximate surface area is 218 Å². The number of aliphatic hydroxyl groups excluding tert-OH is 1. The van der Waals surface area contributed by atoms with E-state index in [1.165, 1.54) is 32.1 Å². The Kier molecular flexibility index (Phi) is 14.2. The third-order valence-electron chi connectivity index (χ3n) is 6.89. The van der Waals surface area contributed by atoms with E-state index in [0.29, 0.717) is 6.61 Å². The topological polar surface area (TPSA) is 55.8 Å². The first-order valence-electron chi connectivity index (χ1n) is 13.9. The lowest BCUT2D eigenvalue weighted by Gasteiger charge is -2.29. The zero-order valence-corrected chi connectivity index (χ0v) is 22.7. The molecule has 2 atom stereocenters. The molecule has 198 valence electrons. The first kappa shape index (κ1) is 29.9. The van der Waals surface area contributed by atoms with Gasteiger partial charge >= 0.3 is 5.97 Å². The summed E-state index contributed by atoms with van der Waals surface area (Å²) in [6.07, 6.45) is 13.6. The Hall–Kier alpha value is -2.35. The van der Waals surface area contributed by atoms with Crippen LogP contribution in [0.4, 0.5) is 0 Å². The summed E-state index contributed by atoms with van der Waals surface area (Å²) in [6, 6.07) is 14.0. The molecule has 36 heavy (non-hydrogen) atoms. The van der Waals surface area contributed by atoms with Gasteiger partial charge in [-0.3, -0.25) is 0 Å². The van der Waals surface area contributed by atoms with Crippen LogP contribution in [-0.2, 0) is 19.9 Å². The molecule has 0 aliphatic rings. The van der Waals surface area contributed by atoms with E-state index in [-0.39, 0.29) is 5.97 Å². The molecule has 0 amide bonds. The fourth-order valence-electron chi connectivity index (χ4n) is 4.48. The molecule has 0 radical (unpaired) electrons. The molecular formula is C32H46O4. The zero-order chi connectivity index (χ0) is 26.1. The van der Waals surface area contributed by atoms with Gasteiger partial charge in [0.25, 0.3) is 0 Å². The standard InChI is InChI=1S/C32H46O4/c1-4-5-6-14-22-28(23-15-12-10-8-7-9-11-13-18-26-33)36-31(34)32(2,35-3)30-25-19-21-27-20-16-17-24-29(27)30/h16-17,19-21,24-25,28,33H,4-13,15,18,23,26H2,1-3H3/t28?,32-/m1/s1. The lowest BCUT2D eigenvalue weighted by atomic mass is 9.90. The van der Waals surface area contributed by atoms with E-state index >= 15 is 0 Å². The number of benzene rings is 2. The second-order valence-electron chi connectivity index (χ2n) is 9.78. The Balaban J connectivity index is 1.97. The van der Waals surface area contributed by atoms with Crippen molar-refractivity contribution < 1.29 is 19.4 Å². The van der Waals surface area contributed by atoms with Crippen LogP contribution >= 0.6 is 0 Å². The van der Waals surface area contributed by atoms with E-state index < -0.39 is 11.7 Å². The highest BCUT2D eigenvalue weighted by Crippen LogP contribution is 2.33. The molecule has 2 aromatic rings. The van der Waals surface area contributed by atoms with Crippen molar-refractivity contribution in [1.29, 1.82) is 0 Å². The molecule has 0 aliphatic carbocycles. The van der Waals surface area contributed by atoms with Crippen LogP contribution in [0, 0.1) is 11.8 Å². The molecule has 0 aliphatic heterocycles. The van der Waals surface area contributed by atoms with Crippen LogP contribution in [0.2, 0.25) is 0 Å². The summed E-state index contributed by atoms with van der Waals surface area (Å²) in [4.78, 5) is 13.5. The molecule has 2 aromatic carbocycles. The Morgan fingerprint density at radius 3 is 2.22 bits per heavy atom. The zero-order valence-electron chi connectivity index (χ0n) is 22.7. The fourth-order valence-corrected chi connectivity index (χ4v) is 4.48. The number of fused-ring (bicyclic) bond motifs is 1. The highest BCUT2D eigenvalue weighted by Gasteiger charge is 2.39. The summed E-state index contributed by atoms with van der Waals surface area (Å²) in [7, 11) is 1.56. The van der Waals surface area contributed by atoms with Crippen LogP contribution in [0.5, 0.6) is 0 Å². The van der Waals surface area contributed by atoms with Crippen LogP contribution in [0.15, 0.2) is 42.5 Å². The number of carbonyl (C=O) groups excluding carboxylic acids is 1. The molecule has 0 saturated heterocycles. The quantitative estimate of drug-likeness (QED) is 0.139. The van der Waals surface area contributed by atoms with Crippen LogP contribution in [-0.4, -0.2) is 30.9 Å². The number of hydrogen-bond acceptors (Lipinski definition) is 4. The number of carbonyl (C=O) groups is 1. The number of ether oxygens (including phenoxy) is 2. The molecule has 0 aromatic heterocycles. The van der Waals surface area contributed by atoms with Gasteiger partial charge < -0.3 is 14.6 Å². The van der Waals surface area contributed by atoms with E-state index in [9.17, 15) is 4.79 Å². The highest BCUT2D eigenvalue weighted by molar-refractivity contribution is 5.92. The molecule has 0 heterocycles. The summed E-state index contributed by atoms with van der Waals surface area (Å²) in [5.41, 5.74) is -0.398. The molecule has 0 fully saturated rings. The maximum atomic E-state index is 13.5. The normalized spacial score (nSPS) is 13.6. The van der Waals surface area contributed by atoms with Gasteiger partial charge in [0, 0.05) is 25.7 Å². The summed E-state index contributed by atoms with van der Waals surface area (Å²) in [5.74, 6) is 6.07. The van der Waals surface area contributed by atoms with Crippen molar-refractivity contribution in [2.24, 2.45) is 0 Å². The maximum absolute atomic E-state index is 13.5. The average molecular weight is 495 g/mol. The highest BCUT2D eigenvalue weighted by atomic mass is 16.6. The van der Waals surface area contributed by atoms with E-state index in [1.54, 1.807) is 14.0 Å².